The summed E-state index contributed by atoms with van der Waals surface area (Å²) >= 11 is 1.57. The predicted molar refractivity (Wildman–Crippen MR) is 85.7 cm³/mol. The topological polar surface area (TPSA) is 85.1 Å². The van der Waals surface area contributed by atoms with E-state index in [1.807, 2.05) is 17.5 Å². The summed E-state index contributed by atoms with van der Waals surface area (Å²) in [6, 6.07) is 3.87. The van der Waals surface area contributed by atoms with Crippen molar-refractivity contribution < 1.29 is 13.5 Å². The van der Waals surface area contributed by atoms with E-state index >= 15 is 0 Å². The molecule has 2 rings (SSSR count). The van der Waals surface area contributed by atoms with E-state index in [1.54, 1.807) is 11.3 Å². The summed E-state index contributed by atoms with van der Waals surface area (Å²) < 4.78 is 17.0. The van der Waals surface area contributed by atoms with Gasteiger partial charge in [0.15, 0.2) is 5.82 Å². The average molecular weight is 341 g/mol. The van der Waals surface area contributed by atoms with Gasteiger partial charge in [-0.2, -0.15) is 4.98 Å². The van der Waals surface area contributed by atoms with Crippen molar-refractivity contribution in [2.45, 2.75) is 32.6 Å². The molecule has 0 fully saturated rings. The van der Waals surface area contributed by atoms with E-state index in [1.165, 1.54) is 0 Å². The van der Waals surface area contributed by atoms with Crippen LogP contribution in [0.4, 0.5) is 0 Å². The summed E-state index contributed by atoms with van der Waals surface area (Å²) in [6.45, 7) is 4.59. The highest BCUT2D eigenvalue weighted by Crippen LogP contribution is 2.08. The minimum Gasteiger partial charge on any atom is -0.350 e. The molecule has 0 unspecified atom stereocenters. The lowest BCUT2D eigenvalue weighted by molar-refractivity contribution is -0.118. The Kier molecular flexibility index (Phi) is 6.26. The minimum atomic E-state index is -1.35. The molecule has 0 aliphatic rings. The molecule has 2 heterocycles. The van der Waals surface area contributed by atoms with Crippen LogP contribution in [0.3, 0.4) is 0 Å². The summed E-state index contributed by atoms with van der Waals surface area (Å²) in [7, 11) is -1.35. The highest BCUT2D eigenvalue weighted by Gasteiger charge is 2.14. The van der Waals surface area contributed by atoms with Gasteiger partial charge in [0.1, 0.15) is 11.5 Å². The second-order valence-corrected chi connectivity index (χ2v) is 7.78. The molecule has 8 heteroatoms. The van der Waals surface area contributed by atoms with Gasteiger partial charge in [-0.25, -0.2) is 0 Å². The van der Waals surface area contributed by atoms with Crippen LogP contribution < -0.4 is 5.32 Å². The zero-order chi connectivity index (χ0) is 15.9. The first kappa shape index (κ1) is 16.8. The smallest absolute Gasteiger partial charge is 0.239 e. The maximum absolute atomic E-state index is 11.9. The van der Waals surface area contributed by atoms with E-state index in [2.05, 4.69) is 29.3 Å². The van der Waals surface area contributed by atoms with Crippen LogP contribution in [-0.2, 0) is 34.3 Å². The largest absolute Gasteiger partial charge is 0.350 e. The second kappa shape index (κ2) is 8.19. The number of nitrogens with one attached hydrogen (secondary N) is 1. The molecule has 2 aromatic heterocycles. The van der Waals surface area contributed by atoms with Crippen LogP contribution in [0.5, 0.6) is 0 Å². The number of rotatable bonds is 8. The molecule has 0 saturated heterocycles. The van der Waals surface area contributed by atoms with Gasteiger partial charge in [-0.15, -0.1) is 11.3 Å². The fourth-order valence-electron chi connectivity index (χ4n) is 1.78. The van der Waals surface area contributed by atoms with Gasteiger partial charge in [0.25, 0.3) is 0 Å². The molecular weight excluding hydrogens is 322 g/mol. The van der Waals surface area contributed by atoms with E-state index in [0.29, 0.717) is 24.2 Å². The third kappa shape index (κ3) is 5.69. The Bertz CT molecular complexity index is 623. The fraction of sp³-hybridized carbons (Fsp3) is 0.500. The lowest BCUT2D eigenvalue weighted by atomic mass is 10.1. The van der Waals surface area contributed by atoms with Crippen LogP contribution in [0.25, 0.3) is 0 Å². The molecular formula is C14H19N3O3S2. The van der Waals surface area contributed by atoms with E-state index in [-0.39, 0.29) is 17.4 Å². The summed E-state index contributed by atoms with van der Waals surface area (Å²) in [5.74, 6) is 1.17. The van der Waals surface area contributed by atoms with Gasteiger partial charge >= 0.3 is 0 Å². The molecule has 0 aliphatic carbocycles. The van der Waals surface area contributed by atoms with Crippen molar-refractivity contribution >= 4 is 28.0 Å². The van der Waals surface area contributed by atoms with Crippen LogP contribution in [0.2, 0.25) is 0 Å². The summed E-state index contributed by atoms with van der Waals surface area (Å²) in [4.78, 5) is 17.0. The van der Waals surface area contributed by atoms with Crippen molar-refractivity contribution in [2.75, 3.05) is 5.75 Å². The molecule has 0 spiro atoms. The molecule has 6 nitrogen and oxygen atoms in total. The van der Waals surface area contributed by atoms with E-state index in [9.17, 15) is 9.00 Å². The molecule has 0 bridgehead atoms. The van der Waals surface area contributed by atoms with E-state index in [0.717, 1.165) is 11.3 Å². The number of hydrogen-bond acceptors (Lipinski definition) is 6. The first-order valence-corrected chi connectivity index (χ1v) is 9.35. The number of carbonyl (C=O) groups is 1. The number of thiophene rings is 1. The first-order valence-electron chi connectivity index (χ1n) is 6.98. The van der Waals surface area contributed by atoms with Crippen molar-refractivity contribution in [3.05, 3.63) is 34.1 Å². The van der Waals surface area contributed by atoms with Crippen molar-refractivity contribution in [3.8, 4) is 0 Å². The molecule has 2 aromatic rings. The Balaban J connectivity index is 1.74. The Morgan fingerprint density at radius 3 is 3.00 bits per heavy atom. The number of hydrogen-bond donors (Lipinski definition) is 1. The molecule has 1 amide bonds. The number of nitrogens with zero attached hydrogens (tertiary/aromatic N) is 2. The van der Waals surface area contributed by atoms with Gasteiger partial charge in [0.2, 0.25) is 11.8 Å². The van der Waals surface area contributed by atoms with Crippen LogP contribution in [0.15, 0.2) is 22.0 Å². The van der Waals surface area contributed by atoms with Crippen LogP contribution >= 0.6 is 11.3 Å². The molecule has 1 N–H and O–H groups in total. The highest BCUT2D eigenvalue weighted by atomic mass is 32.2. The summed E-state index contributed by atoms with van der Waals surface area (Å²) in [6.07, 6.45) is 0.720. The lowest BCUT2D eigenvalue weighted by Crippen LogP contribution is -2.27. The molecule has 1 atom stereocenters. The fourth-order valence-corrected chi connectivity index (χ4v) is 3.32. The monoisotopic (exact) mass is 341 g/mol. The third-order valence-corrected chi connectivity index (χ3v) is 4.75. The first-order chi connectivity index (χ1) is 10.5. The van der Waals surface area contributed by atoms with E-state index < -0.39 is 10.8 Å². The van der Waals surface area contributed by atoms with Crippen molar-refractivity contribution in [2.24, 2.45) is 5.92 Å². The molecule has 0 saturated carbocycles. The average Bonchev–Trinajstić information content (AvgIpc) is 3.07. The van der Waals surface area contributed by atoms with E-state index in [4.69, 9.17) is 4.52 Å². The zero-order valence-electron chi connectivity index (χ0n) is 12.6. The van der Waals surface area contributed by atoms with Gasteiger partial charge < -0.3 is 9.84 Å². The molecule has 0 radical (unpaired) electrons. The minimum absolute atomic E-state index is 0.0622. The predicted octanol–water partition coefficient (Wildman–Crippen LogP) is 1.89. The standard InChI is InChI=1S/C14H19N3O3S2/c1-10(2)6-12-16-14(20-17-12)9-22(19)8-13(18)15-7-11-4-3-5-21-11/h3-5,10H,6-9H2,1-2H3,(H,15,18)/t22-/m1/s1. The van der Waals surface area contributed by atoms with Crippen LogP contribution in [0.1, 0.15) is 30.4 Å². The molecule has 0 aromatic carbocycles. The number of amides is 1. The maximum atomic E-state index is 11.9. The number of carbonyl (C=O) groups excluding carboxylic acids is 1. The van der Waals surface area contributed by atoms with Gasteiger partial charge in [-0.05, 0) is 17.4 Å². The van der Waals surface area contributed by atoms with Crippen LogP contribution in [-0.4, -0.2) is 26.0 Å². The van der Waals surface area contributed by atoms with Gasteiger partial charge in [-0.1, -0.05) is 25.1 Å². The van der Waals surface area contributed by atoms with Gasteiger partial charge in [0, 0.05) is 22.1 Å². The van der Waals surface area contributed by atoms with Crippen molar-refractivity contribution in [1.29, 1.82) is 0 Å². The molecule has 22 heavy (non-hydrogen) atoms. The van der Waals surface area contributed by atoms with Crippen molar-refractivity contribution in [1.82, 2.24) is 15.5 Å². The Labute approximate surface area is 135 Å². The van der Waals surface area contributed by atoms with Crippen LogP contribution in [0, 0.1) is 5.92 Å². The quantitative estimate of drug-likeness (QED) is 0.792. The zero-order valence-corrected chi connectivity index (χ0v) is 14.2. The Hall–Kier alpha value is -1.54. The lowest BCUT2D eigenvalue weighted by Gasteiger charge is -2.02. The SMILES string of the molecule is CC(C)Cc1noc(C[S@](=O)CC(=O)NCc2cccs2)n1. The normalized spacial score (nSPS) is 12.5. The number of aromatic nitrogens is 2. The maximum Gasteiger partial charge on any atom is 0.239 e. The molecule has 120 valence electrons. The van der Waals surface area contributed by atoms with Gasteiger partial charge in [-0.3, -0.25) is 9.00 Å². The summed E-state index contributed by atoms with van der Waals surface area (Å²) in [5.41, 5.74) is 0. The Morgan fingerprint density at radius 2 is 2.32 bits per heavy atom. The Morgan fingerprint density at radius 1 is 1.50 bits per heavy atom. The van der Waals surface area contributed by atoms with Crippen molar-refractivity contribution in [3.63, 3.8) is 0 Å². The second-order valence-electron chi connectivity index (χ2n) is 5.29. The third-order valence-electron chi connectivity index (χ3n) is 2.72. The summed E-state index contributed by atoms with van der Waals surface area (Å²) in [5, 5.41) is 8.53. The highest BCUT2D eigenvalue weighted by molar-refractivity contribution is 7.84. The molecule has 0 aliphatic heterocycles. The van der Waals surface area contributed by atoms with Gasteiger partial charge in [0.05, 0.1) is 6.54 Å².